The Morgan fingerprint density at radius 3 is 2.33 bits per heavy atom. The highest BCUT2D eigenvalue weighted by Crippen LogP contribution is 2.41. The van der Waals surface area contributed by atoms with Crippen LogP contribution in [0.1, 0.15) is 31.2 Å². The zero-order valence-electron chi connectivity index (χ0n) is 8.61. The van der Waals surface area contributed by atoms with Gasteiger partial charge in [0.2, 0.25) is 0 Å². The lowest BCUT2D eigenvalue weighted by Gasteiger charge is -2.28. The van der Waals surface area contributed by atoms with Crippen molar-refractivity contribution in [3.05, 3.63) is 35.9 Å². The van der Waals surface area contributed by atoms with Crippen molar-refractivity contribution in [3.8, 4) is 0 Å². The molecule has 0 saturated heterocycles. The van der Waals surface area contributed by atoms with Crippen LogP contribution in [-0.2, 0) is 10.3 Å². The van der Waals surface area contributed by atoms with Gasteiger partial charge in [-0.3, -0.25) is 0 Å². The Morgan fingerprint density at radius 1 is 1.20 bits per heavy atom. The molecule has 0 bridgehead atoms. The smallest absolute Gasteiger partial charge is 0.405 e. The monoisotopic (exact) mass is 205 g/mol. The number of hydrogen-bond donors (Lipinski definition) is 1. The average molecular weight is 205 g/mol. The molecule has 3 nitrogen and oxygen atoms in total. The van der Waals surface area contributed by atoms with Gasteiger partial charge in [-0.25, -0.2) is 4.79 Å². The van der Waals surface area contributed by atoms with E-state index in [1.54, 1.807) is 0 Å². The van der Waals surface area contributed by atoms with Gasteiger partial charge in [0, 0.05) is 0 Å². The molecular weight excluding hydrogens is 190 g/mol. The third-order valence-corrected chi connectivity index (χ3v) is 3.01. The van der Waals surface area contributed by atoms with Gasteiger partial charge in [0.15, 0.2) is 0 Å². The molecule has 1 saturated carbocycles. The normalized spacial score (nSPS) is 18.7. The zero-order valence-corrected chi connectivity index (χ0v) is 8.61. The van der Waals surface area contributed by atoms with Crippen LogP contribution >= 0.6 is 0 Å². The summed E-state index contributed by atoms with van der Waals surface area (Å²) >= 11 is 0. The molecule has 1 amide bonds. The fourth-order valence-corrected chi connectivity index (χ4v) is 2.33. The van der Waals surface area contributed by atoms with E-state index in [0.717, 1.165) is 31.2 Å². The Bertz CT molecular complexity index is 342. The Balaban J connectivity index is 2.30. The number of hydrogen-bond acceptors (Lipinski definition) is 2. The molecule has 0 aromatic heterocycles. The van der Waals surface area contributed by atoms with E-state index >= 15 is 0 Å². The van der Waals surface area contributed by atoms with Crippen molar-refractivity contribution in [2.75, 3.05) is 0 Å². The molecular formula is C12H15NO2. The van der Waals surface area contributed by atoms with Crippen LogP contribution in [0.4, 0.5) is 4.79 Å². The van der Waals surface area contributed by atoms with Gasteiger partial charge in [-0.15, -0.1) is 0 Å². The molecule has 2 rings (SSSR count). The third-order valence-electron chi connectivity index (χ3n) is 3.01. The summed E-state index contributed by atoms with van der Waals surface area (Å²) in [4.78, 5) is 10.9. The first-order valence-electron chi connectivity index (χ1n) is 5.27. The van der Waals surface area contributed by atoms with Gasteiger partial charge in [-0.1, -0.05) is 30.3 Å². The average Bonchev–Trinajstić information content (AvgIpc) is 2.68. The summed E-state index contributed by atoms with van der Waals surface area (Å²) in [5.41, 5.74) is 5.73. The Labute approximate surface area is 89.2 Å². The summed E-state index contributed by atoms with van der Waals surface area (Å²) in [6.07, 6.45) is 3.24. The Hall–Kier alpha value is -1.51. The topological polar surface area (TPSA) is 52.3 Å². The molecule has 0 radical (unpaired) electrons. The van der Waals surface area contributed by atoms with Crippen molar-refractivity contribution >= 4 is 6.09 Å². The lowest BCUT2D eigenvalue weighted by atomic mass is 9.92. The van der Waals surface area contributed by atoms with Crippen molar-refractivity contribution in [1.82, 2.24) is 0 Å². The van der Waals surface area contributed by atoms with E-state index in [4.69, 9.17) is 10.5 Å². The summed E-state index contributed by atoms with van der Waals surface area (Å²) in [5.74, 6) is 0. The fraction of sp³-hybridized carbons (Fsp3) is 0.417. The first-order chi connectivity index (χ1) is 7.23. The van der Waals surface area contributed by atoms with Gasteiger partial charge in [0.1, 0.15) is 5.60 Å². The largest absolute Gasteiger partial charge is 0.438 e. The Kier molecular flexibility index (Phi) is 2.62. The van der Waals surface area contributed by atoms with Crippen molar-refractivity contribution in [2.24, 2.45) is 5.73 Å². The molecule has 1 aromatic rings. The molecule has 1 aliphatic rings. The van der Waals surface area contributed by atoms with Gasteiger partial charge < -0.3 is 10.5 Å². The molecule has 1 fully saturated rings. The SMILES string of the molecule is NC(=O)OC1(c2ccccc2)CCCC1. The van der Waals surface area contributed by atoms with Crippen molar-refractivity contribution in [1.29, 1.82) is 0 Å². The van der Waals surface area contributed by atoms with Crippen LogP contribution in [0.2, 0.25) is 0 Å². The molecule has 0 unspecified atom stereocenters. The minimum Gasteiger partial charge on any atom is -0.438 e. The summed E-state index contributed by atoms with van der Waals surface area (Å²) in [6.45, 7) is 0. The van der Waals surface area contributed by atoms with Gasteiger partial charge >= 0.3 is 6.09 Å². The lowest BCUT2D eigenvalue weighted by Crippen LogP contribution is -2.32. The minimum absolute atomic E-state index is 0.465. The highest BCUT2D eigenvalue weighted by Gasteiger charge is 2.38. The number of amides is 1. The van der Waals surface area contributed by atoms with Gasteiger partial charge in [0.25, 0.3) is 0 Å². The number of carbonyl (C=O) groups is 1. The van der Waals surface area contributed by atoms with Crippen molar-refractivity contribution in [2.45, 2.75) is 31.3 Å². The maximum atomic E-state index is 10.9. The summed E-state index contributed by atoms with van der Waals surface area (Å²) in [7, 11) is 0. The lowest BCUT2D eigenvalue weighted by molar-refractivity contribution is 0.0184. The molecule has 2 N–H and O–H groups in total. The fourth-order valence-electron chi connectivity index (χ4n) is 2.33. The van der Waals surface area contributed by atoms with Gasteiger partial charge in [0.05, 0.1) is 0 Å². The maximum absolute atomic E-state index is 10.9. The molecule has 0 spiro atoms. The van der Waals surface area contributed by atoms with Crippen LogP contribution in [0.15, 0.2) is 30.3 Å². The predicted octanol–water partition coefficient (Wildman–Crippen LogP) is 2.55. The highest BCUT2D eigenvalue weighted by molar-refractivity contribution is 5.65. The summed E-state index contributed by atoms with van der Waals surface area (Å²) < 4.78 is 5.32. The number of primary amides is 1. The number of nitrogens with two attached hydrogens (primary N) is 1. The molecule has 80 valence electrons. The second kappa shape index (κ2) is 3.93. The summed E-state index contributed by atoms with van der Waals surface area (Å²) in [6, 6.07) is 9.86. The Morgan fingerprint density at radius 2 is 1.80 bits per heavy atom. The second-order valence-corrected chi connectivity index (χ2v) is 3.99. The molecule has 0 aliphatic heterocycles. The van der Waals surface area contributed by atoms with Crippen LogP contribution in [0.3, 0.4) is 0 Å². The summed E-state index contributed by atoms with van der Waals surface area (Å²) in [5, 5.41) is 0. The van der Waals surface area contributed by atoms with Crippen LogP contribution in [0.5, 0.6) is 0 Å². The third kappa shape index (κ3) is 1.96. The van der Waals surface area contributed by atoms with E-state index in [1.165, 1.54) is 0 Å². The van der Waals surface area contributed by atoms with E-state index in [2.05, 4.69) is 0 Å². The van der Waals surface area contributed by atoms with Gasteiger partial charge in [-0.05, 0) is 31.2 Å². The molecule has 3 heteroatoms. The molecule has 0 atom stereocenters. The molecule has 1 aromatic carbocycles. The first-order valence-corrected chi connectivity index (χ1v) is 5.27. The van der Waals surface area contributed by atoms with Crippen LogP contribution in [-0.4, -0.2) is 6.09 Å². The van der Waals surface area contributed by atoms with Crippen molar-refractivity contribution in [3.63, 3.8) is 0 Å². The van der Waals surface area contributed by atoms with E-state index in [9.17, 15) is 4.79 Å². The van der Waals surface area contributed by atoms with E-state index in [0.29, 0.717) is 0 Å². The zero-order chi connectivity index (χ0) is 10.7. The van der Waals surface area contributed by atoms with E-state index in [1.807, 2.05) is 30.3 Å². The quantitative estimate of drug-likeness (QED) is 0.806. The standard InChI is InChI=1S/C12H15NO2/c13-11(14)15-12(8-4-5-9-12)10-6-2-1-3-7-10/h1-3,6-7H,4-5,8-9H2,(H2,13,14). The minimum atomic E-state index is -0.680. The molecule has 15 heavy (non-hydrogen) atoms. The van der Waals surface area contributed by atoms with E-state index in [-0.39, 0.29) is 0 Å². The maximum Gasteiger partial charge on any atom is 0.405 e. The van der Waals surface area contributed by atoms with E-state index < -0.39 is 11.7 Å². The number of rotatable bonds is 2. The first kappa shape index (κ1) is 10.0. The highest BCUT2D eigenvalue weighted by atomic mass is 16.6. The number of carbonyl (C=O) groups excluding carboxylic acids is 1. The van der Waals surface area contributed by atoms with Crippen molar-refractivity contribution < 1.29 is 9.53 Å². The second-order valence-electron chi connectivity index (χ2n) is 3.99. The molecule has 1 aliphatic carbocycles. The number of benzene rings is 1. The van der Waals surface area contributed by atoms with Crippen LogP contribution < -0.4 is 5.73 Å². The van der Waals surface area contributed by atoms with Gasteiger partial charge in [-0.2, -0.15) is 0 Å². The van der Waals surface area contributed by atoms with Crippen LogP contribution in [0, 0.1) is 0 Å². The van der Waals surface area contributed by atoms with Crippen LogP contribution in [0.25, 0.3) is 0 Å². The predicted molar refractivity (Wildman–Crippen MR) is 57.3 cm³/mol. The molecule has 0 heterocycles. The number of ether oxygens (including phenoxy) is 1.